The van der Waals surface area contributed by atoms with Gasteiger partial charge in [-0.2, -0.15) is 0 Å². The Kier molecular flexibility index (Phi) is 6.75. The Morgan fingerprint density at radius 3 is 2.83 bits per heavy atom. The van der Waals surface area contributed by atoms with Gasteiger partial charge in [0.25, 0.3) is 0 Å². The van der Waals surface area contributed by atoms with E-state index >= 15 is 0 Å². The molecule has 3 rings (SSSR count). The van der Waals surface area contributed by atoms with Gasteiger partial charge < -0.3 is 9.30 Å². The number of hydrogen-bond acceptors (Lipinski definition) is 3. The molecule has 0 saturated carbocycles. The number of nitrogens with zero attached hydrogens (tertiary/aromatic N) is 2. The number of halogens is 1. The topological polar surface area (TPSA) is 51.5 Å². The van der Waals surface area contributed by atoms with Gasteiger partial charge in [-0.25, -0.2) is 4.79 Å². The summed E-state index contributed by atoms with van der Waals surface area (Å²) in [5, 5.41) is 0.898. The number of hydrogen-bond donors (Lipinski definition) is 0. The molecule has 0 aliphatic carbocycles. The summed E-state index contributed by atoms with van der Waals surface area (Å²) in [5.74, 6) is -0.0414. The Morgan fingerprint density at radius 2 is 2.14 bits per heavy atom. The number of carbonyl (C=O) groups is 2. The second-order valence-corrected chi connectivity index (χ2v) is 7.86. The average Bonchev–Trinajstić information content (AvgIpc) is 3.35. The second kappa shape index (κ2) is 9.27. The third-order valence-electron chi connectivity index (χ3n) is 5.20. The van der Waals surface area contributed by atoms with E-state index in [-0.39, 0.29) is 12.4 Å². The molecule has 1 aromatic heterocycles. The van der Waals surface area contributed by atoms with Crippen molar-refractivity contribution in [3.63, 3.8) is 0 Å². The predicted molar refractivity (Wildman–Crippen MR) is 119 cm³/mol. The number of ketones is 1. The van der Waals surface area contributed by atoms with Crippen molar-refractivity contribution in [3.05, 3.63) is 71.4 Å². The van der Waals surface area contributed by atoms with Crippen molar-refractivity contribution in [1.29, 1.82) is 0 Å². The number of aryl methyl sites for hydroxylation is 1. The quantitative estimate of drug-likeness (QED) is 0.407. The van der Waals surface area contributed by atoms with Crippen molar-refractivity contribution in [3.8, 4) is 0 Å². The van der Waals surface area contributed by atoms with Crippen LogP contribution in [0, 0.1) is 0 Å². The van der Waals surface area contributed by atoms with E-state index < -0.39 is 12.1 Å². The van der Waals surface area contributed by atoms with Crippen LogP contribution in [0.1, 0.15) is 30.1 Å². The van der Waals surface area contributed by atoms with Crippen molar-refractivity contribution >= 4 is 38.7 Å². The van der Waals surface area contributed by atoms with E-state index in [1.807, 2.05) is 31.3 Å². The largest absolute Gasteiger partial charge is 0.445 e. The maximum Gasteiger partial charge on any atom is 0.410 e. The molecule has 0 bridgehead atoms. The van der Waals surface area contributed by atoms with E-state index in [9.17, 15) is 9.59 Å². The van der Waals surface area contributed by atoms with Gasteiger partial charge in [-0.05, 0) is 43.5 Å². The Balaban J connectivity index is 1.83. The highest BCUT2D eigenvalue weighted by Crippen LogP contribution is 2.29. The third-order valence-corrected chi connectivity index (χ3v) is 5.69. The van der Waals surface area contributed by atoms with Crippen LogP contribution in [0.5, 0.6) is 0 Å². The molecule has 1 amide bonds. The fraction of sp³-hybridized carbons (Fsp3) is 0.304. The number of carbonyl (C=O) groups excluding carboxylic acids is 2. The molecule has 0 N–H and O–H groups in total. The summed E-state index contributed by atoms with van der Waals surface area (Å²) in [5.41, 5.74) is 2.41. The number of ether oxygens (including phenoxy) is 1. The number of aromatic nitrogens is 1. The molecule has 1 atom stereocenters. The molecule has 1 aromatic carbocycles. The van der Waals surface area contributed by atoms with Gasteiger partial charge in [-0.15, -0.1) is 0 Å². The number of likely N-dealkylation sites (tertiary alicyclic amines) is 1. The molecule has 5 nitrogen and oxygen atoms in total. The molecule has 2 aromatic rings. The van der Waals surface area contributed by atoms with Gasteiger partial charge in [0.2, 0.25) is 0 Å². The molecular weight excluding hydrogens is 432 g/mol. The number of allylic oxidation sites excluding steroid dienone is 2. The highest BCUT2D eigenvalue weighted by molar-refractivity contribution is 9.10. The maximum atomic E-state index is 13.4. The van der Waals surface area contributed by atoms with Gasteiger partial charge in [0.05, 0.1) is 6.04 Å². The first kappa shape index (κ1) is 21.1. The van der Waals surface area contributed by atoms with Gasteiger partial charge in [-0.3, -0.25) is 9.69 Å². The normalized spacial score (nSPS) is 16.8. The summed E-state index contributed by atoms with van der Waals surface area (Å²) >= 11 is 3.49. The molecule has 29 heavy (non-hydrogen) atoms. The van der Waals surface area contributed by atoms with Crippen LogP contribution in [0.4, 0.5) is 4.79 Å². The van der Waals surface area contributed by atoms with Crippen LogP contribution in [0.2, 0.25) is 0 Å². The number of amides is 1. The first-order chi connectivity index (χ1) is 14.0. The molecule has 1 saturated heterocycles. The maximum absolute atomic E-state index is 13.4. The van der Waals surface area contributed by atoms with E-state index in [4.69, 9.17) is 4.74 Å². The average molecular weight is 457 g/mol. The molecule has 1 aliphatic rings. The SMILES string of the molecule is C=C/C=C(\C=C)COC(=O)N1CCCC1C(=O)c1cn(CC)c2ccc(Br)cc12. The Hall–Kier alpha value is -2.60. The molecule has 0 spiro atoms. The van der Waals surface area contributed by atoms with E-state index in [0.29, 0.717) is 18.5 Å². The van der Waals surface area contributed by atoms with Crippen LogP contribution in [-0.2, 0) is 11.3 Å². The summed E-state index contributed by atoms with van der Waals surface area (Å²) in [6.45, 7) is 10.8. The number of benzene rings is 1. The summed E-state index contributed by atoms with van der Waals surface area (Å²) in [7, 11) is 0. The number of rotatable bonds is 7. The first-order valence-electron chi connectivity index (χ1n) is 9.70. The molecule has 2 heterocycles. The number of Topliss-reactive ketones (excluding diaryl/α,β-unsaturated/α-hetero) is 1. The zero-order valence-electron chi connectivity index (χ0n) is 16.6. The predicted octanol–water partition coefficient (Wildman–Crippen LogP) is 5.51. The highest BCUT2D eigenvalue weighted by atomic mass is 79.9. The molecular formula is C23H25BrN2O3. The van der Waals surface area contributed by atoms with Gasteiger partial charge in [0, 0.05) is 40.2 Å². The fourth-order valence-electron chi connectivity index (χ4n) is 3.72. The molecule has 1 unspecified atom stereocenters. The smallest absolute Gasteiger partial charge is 0.410 e. The molecule has 152 valence electrons. The van der Waals surface area contributed by atoms with Crippen LogP contribution < -0.4 is 0 Å². The molecule has 0 radical (unpaired) electrons. The van der Waals surface area contributed by atoms with Crippen molar-refractivity contribution in [2.24, 2.45) is 0 Å². The standard InChI is InChI=1S/C23H25BrN2O3/c1-4-8-16(5-2)15-29-23(28)26-12-7-9-21(26)22(27)19-14-25(6-3)20-11-10-17(24)13-18(19)20/h4-5,8,10-11,13-14,21H,1-2,6-7,9,12,15H2,3H3/b16-8+. The van der Waals surface area contributed by atoms with Crippen molar-refractivity contribution in [2.75, 3.05) is 13.2 Å². The lowest BCUT2D eigenvalue weighted by Gasteiger charge is -2.23. The third kappa shape index (κ3) is 4.37. The molecule has 1 aliphatic heterocycles. The lowest BCUT2D eigenvalue weighted by atomic mass is 10.0. The van der Waals surface area contributed by atoms with Gasteiger partial charge in [0.1, 0.15) is 6.61 Å². The number of fused-ring (bicyclic) bond motifs is 1. The van der Waals surface area contributed by atoms with Crippen molar-refractivity contribution in [1.82, 2.24) is 9.47 Å². The van der Waals surface area contributed by atoms with Crippen LogP contribution in [-0.4, -0.2) is 40.5 Å². The van der Waals surface area contributed by atoms with Gasteiger partial charge >= 0.3 is 6.09 Å². The van der Waals surface area contributed by atoms with E-state index in [1.54, 1.807) is 23.1 Å². The zero-order chi connectivity index (χ0) is 21.0. The Morgan fingerprint density at radius 1 is 1.34 bits per heavy atom. The van der Waals surface area contributed by atoms with Gasteiger partial charge in [-0.1, -0.05) is 47.3 Å². The lowest BCUT2D eigenvalue weighted by molar-refractivity contribution is 0.0787. The molecule has 6 heteroatoms. The second-order valence-electron chi connectivity index (χ2n) is 6.94. The Labute approximate surface area is 179 Å². The van der Waals surface area contributed by atoms with E-state index in [0.717, 1.165) is 33.9 Å². The Bertz CT molecular complexity index is 989. The fourth-order valence-corrected chi connectivity index (χ4v) is 4.08. The minimum absolute atomic E-state index is 0.0414. The summed E-state index contributed by atoms with van der Waals surface area (Å²) < 4.78 is 8.39. The zero-order valence-corrected chi connectivity index (χ0v) is 18.2. The summed E-state index contributed by atoms with van der Waals surface area (Å²) in [6, 6.07) is 5.43. The van der Waals surface area contributed by atoms with Gasteiger partial charge in [0.15, 0.2) is 5.78 Å². The van der Waals surface area contributed by atoms with E-state index in [1.165, 1.54) is 0 Å². The van der Waals surface area contributed by atoms with Crippen molar-refractivity contribution in [2.45, 2.75) is 32.4 Å². The minimum Gasteiger partial charge on any atom is -0.445 e. The monoisotopic (exact) mass is 456 g/mol. The highest BCUT2D eigenvalue weighted by Gasteiger charge is 2.36. The minimum atomic E-state index is -0.507. The molecule has 1 fully saturated rings. The lowest BCUT2D eigenvalue weighted by Crippen LogP contribution is -2.41. The van der Waals surface area contributed by atoms with Crippen LogP contribution >= 0.6 is 15.9 Å². The summed E-state index contributed by atoms with van der Waals surface area (Å²) in [6.07, 6.45) is 7.82. The van der Waals surface area contributed by atoms with Crippen molar-refractivity contribution < 1.29 is 14.3 Å². The van der Waals surface area contributed by atoms with Crippen LogP contribution in [0.3, 0.4) is 0 Å². The first-order valence-corrected chi connectivity index (χ1v) is 10.5. The summed E-state index contributed by atoms with van der Waals surface area (Å²) in [4.78, 5) is 27.6. The van der Waals surface area contributed by atoms with Crippen LogP contribution in [0.25, 0.3) is 10.9 Å². The van der Waals surface area contributed by atoms with E-state index in [2.05, 4.69) is 33.7 Å². The van der Waals surface area contributed by atoms with Crippen LogP contribution in [0.15, 0.2) is 65.8 Å².